The first-order valence-corrected chi connectivity index (χ1v) is 14.6. The number of nitrogens with zero attached hydrogens (tertiary/aromatic N) is 2. The topological polar surface area (TPSA) is 91.8 Å². The SMILES string of the molecule is O=C(NC1C2CC3CC1CC(OC(F)F)(C3)C2)c1cc(S)c(N2C[C@@H]3C(C(=O)O)[C@@H]3C2)nc1C1CCCC1. The van der Waals surface area contributed by atoms with Crippen molar-refractivity contribution in [1.29, 1.82) is 0 Å². The zero-order valence-electron chi connectivity index (χ0n) is 21.3. The molecule has 7 aliphatic rings. The molecule has 1 saturated heterocycles. The molecule has 6 saturated carbocycles. The van der Waals surface area contributed by atoms with Gasteiger partial charge in [-0.25, -0.2) is 4.98 Å². The molecule has 1 amide bonds. The summed E-state index contributed by atoms with van der Waals surface area (Å²) in [5.41, 5.74) is 0.661. The van der Waals surface area contributed by atoms with E-state index in [-0.39, 0.29) is 47.5 Å². The number of thiol groups is 1. The molecular formula is C28H35F2N3O4S. The fraction of sp³-hybridized carbons (Fsp3) is 0.750. The van der Waals surface area contributed by atoms with E-state index in [0.29, 0.717) is 48.7 Å². The molecule has 0 aromatic carbocycles. The predicted molar refractivity (Wildman–Crippen MR) is 138 cm³/mol. The van der Waals surface area contributed by atoms with Gasteiger partial charge >= 0.3 is 12.6 Å². The van der Waals surface area contributed by atoms with Crippen molar-refractivity contribution < 1.29 is 28.2 Å². The number of rotatable bonds is 7. The van der Waals surface area contributed by atoms with Gasteiger partial charge in [-0.15, -0.1) is 12.6 Å². The standard InChI is InChI=1S/C28H35F2N3O4S/c29-27(30)37-28-8-13-5-15(9-28)22(16(6-13)10-28)32-25(34)17-7-20(38)24(31-23(17)14-3-1-2-4-14)33-11-18-19(12-33)21(18)26(35)36/h7,13-16,18-19,21-22,27,38H,1-6,8-12H2,(H,32,34)(H,35,36)/t13?,15?,16?,18-,19+,21?,22?,28?. The number of carboxylic acid groups (broad SMARTS) is 1. The summed E-state index contributed by atoms with van der Waals surface area (Å²) < 4.78 is 31.6. The van der Waals surface area contributed by atoms with Crippen LogP contribution in [0.4, 0.5) is 14.6 Å². The van der Waals surface area contributed by atoms with Crippen LogP contribution in [0.3, 0.4) is 0 Å². The minimum atomic E-state index is -2.76. The van der Waals surface area contributed by atoms with E-state index in [4.69, 9.17) is 22.3 Å². The number of fused-ring (bicyclic) bond motifs is 1. The van der Waals surface area contributed by atoms with Gasteiger partial charge in [-0.05, 0) is 80.6 Å². The molecule has 1 aromatic rings. The van der Waals surface area contributed by atoms with Gasteiger partial charge in [0.1, 0.15) is 5.82 Å². The van der Waals surface area contributed by atoms with Crippen molar-refractivity contribution in [3.8, 4) is 0 Å². The third-order valence-corrected chi connectivity index (χ3v) is 11.0. The Labute approximate surface area is 226 Å². The molecule has 2 heterocycles. The van der Waals surface area contributed by atoms with Gasteiger partial charge in [-0.3, -0.25) is 9.59 Å². The molecule has 7 fully saturated rings. The summed E-state index contributed by atoms with van der Waals surface area (Å²) in [6.07, 6.45) is 7.98. The van der Waals surface area contributed by atoms with Gasteiger partial charge in [0.2, 0.25) is 0 Å². The summed E-state index contributed by atoms with van der Waals surface area (Å²) in [5, 5.41) is 12.7. The van der Waals surface area contributed by atoms with Crippen LogP contribution in [0.25, 0.3) is 0 Å². The molecule has 6 aliphatic carbocycles. The number of amides is 1. The first kappa shape index (κ1) is 25.1. The maximum absolute atomic E-state index is 13.8. The van der Waals surface area contributed by atoms with Crippen LogP contribution in [0.15, 0.2) is 11.0 Å². The number of halogens is 2. The number of alkyl halides is 2. The Kier molecular flexibility index (Phi) is 5.96. The number of carboxylic acids is 1. The monoisotopic (exact) mass is 547 g/mol. The molecule has 1 aromatic heterocycles. The lowest BCUT2D eigenvalue weighted by atomic mass is 9.52. The maximum Gasteiger partial charge on any atom is 0.345 e. The predicted octanol–water partition coefficient (Wildman–Crippen LogP) is 4.71. The number of piperidine rings is 1. The highest BCUT2D eigenvalue weighted by molar-refractivity contribution is 7.80. The number of anilines is 1. The van der Waals surface area contributed by atoms with Gasteiger partial charge in [-0.1, -0.05) is 12.8 Å². The zero-order valence-corrected chi connectivity index (χ0v) is 22.2. The van der Waals surface area contributed by atoms with Gasteiger partial charge in [0, 0.05) is 29.9 Å². The summed E-state index contributed by atoms with van der Waals surface area (Å²) in [5.74, 6) is 0.888. The molecule has 2 N–H and O–H groups in total. The van der Waals surface area contributed by atoms with Crippen molar-refractivity contribution in [3.63, 3.8) is 0 Å². The van der Waals surface area contributed by atoms with Crippen LogP contribution in [0.5, 0.6) is 0 Å². The van der Waals surface area contributed by atoms with E-state index in [2.05, 4.69) is 10.2 Å². The highest BCUT2D eigenvalue weighted by Crippen LogP contribution is 2.58. The molecule has 7 nitrogen and oxygen atoms in total. The molecular weight excluding hydrogens is 512 g/mol. The van der Waals surface area contributed by atoms with Crippen LogP contribution in [0, 0.1) is 35.5 Å². The lowest BCUT2D eigenvalue weighted by Crippen LogP contribution is -2.62. The number of hydrogen-bond acceptors (Lipinski definition) is 6. The lowest BCUT2D eigenvalue weighted by molar-refractivity contribution is -0.260. The lowest BCUT2D eigenvalue weighted by Gasteiger charge is -2.59. The number of aromatic nitrogens is 1. The quantitative estimate of drug-likeness (QED) is 0.429. The van der Waals surface area contributed by atoms with Gasteiger partial charge in [0.05, 0.1) is 22.8 Å². The maximum atomic E-state index is 13.8. The second kappa shape index (κ2) is 9.04. The molecule has 5 atom stereocenters. The summed E-state index contributed by atoms with van der Waals surface area (Å²) in [4.78, 5) is 33.1. The number of ether oxygens (including phenoxy) is 1. The number of aliphatic carboxylic acids is 1. The van der Waals surface area contributed by atoms with Crippen LogP contribution in [-0.2, 0) is 9.53 Å². The van der Waals surface area contributed by atoms with Crippen molar-refractivity contribution in [3.05, 3.63) is 17.3 Å². The molecule has 3 unspecified atom stereocenters. The summed E-state index contributed by atoms with van der Waals surface area (Å²) in [6, 6.07) is 1.82. The van der Waals surface area contributed by atoms with Crippen LogP contribution in [0.2, 0.25) is 0 Å². The molecule has 0 radical (unpaired) electrons. The van der Waals surface area contributed by atoms with Crippen LogP contribution in [0.1, 0.15) is 79.8 Å². The minimum Gasteiger partial charge on any atom is -0.481 e. The third-order valence-electron chi connectivity index (χ3n) is 10.6. The van der Waals surface area contributed by atoms with Gasteiger partial charge in [-0.2, -0.15) is 8.78 Å². The summed E-state index contributed by atoms with van der Waals surface area (Å²) in [7, 11) is 0. The Balaban J connectivity index is 1.12. The first-order chi connectivity index (χ1) is 18.2. The smallest absolute Gasteiger partial charge is 0.345 e. The average molecular weight is 548 g/mol. The Hall–Kier alpha value is -1.94. The van der Waals surface area contributed by atoms with Crippen molar-refractivity contribution >= 4 is 30.3 Å². The molecule has 8 rings (SSSR count). The molecule has 206 valence electrons. The van der Waals surface area contributed by atoms with Gasteiger partial charge in [0.15, 0.2) is 0 Å². The Bertz CT molecular complexity index is 1130. The molecule has 10 heteroatoms. The van der Waals surface area contributed by atoms with E-state index in [1.165, 1.54) is 0 Å². The highest BCUT2D eigenvalue weighted by atomic mass is 32.1. The number of pyridine rings is 1. The second-order valence-electron chi connectivity index (χ2n) is 12.9. The van der Waals surface area contributed by atoms with Crippen molar-refractivity contribution in [2.24, 2.45) is 35.5 Å². The van der Waals surface area contributed by atoms with Crippen LogP contribution in [-0.4, -0.2) is 53.3 Å². The number of carbonyl (C=O) groups is 2. The number of nitrogens with one attached hydrogen (secondary N) is 1. The van der Waals surface area contributed by atoms with E-state index < -0.39 is 18.2 Å². The molecule has 0 spiro atoms. The molecule has 38 heavy (non-hydrogen) atoms. The van der Waals surface area contributed by atoms with E-state index in [9.17, 15) is 23.5 Å². The normalized spacial score (nSPS) is 39.2. The second-order valence-corrected chi connectivity index (χ2v) is 13.4. The summed E-state index contributed by atoms with van der Waals surface area (Å²) in [6.45, 7) is -1.44. The highest BCUT2D eigenvalue weighted by Gasteiger charge is 2.60. The first-order valence-electron chi connectivity index (χ1n) is 14.2. The van der Waals surface area contributed by atoms with Crippen LogP contribution < -0.4 is 10.2 Å². The van der Waals surface area contributed by atoms with Crippen molar-refractivity contribution in [2.75, 3.05) is 18.0 Å². The minimum absolute atomic E-state index is 0.0356. The average Bonchev–Trinajstić information content (AvgIpc) is 3.19. The van der Waals surface area contributed by atoms with E-state index in [1.807, 2.05) is 6.07 Å². The Morgan fingerprint density at radius 1 is 1.13 bits per heavy atom. The van der Waals surface area contributed by atoms with E-state index in [0.717, 1.165) is 50.0 Å². The summed E-state index contributed by atoms with van der Waals surface area (Å²) >= 11 is 4.74. The third kappa shape index (κ3) is 4.12. The number of carbonyl (C=O) groups excluding carboxylic acids is 1. The Morgan fingerprint density at radius 2 is 1.79 bits per heavy atom. The Morgan fingerprint density at radius 3 is 2.39 bits per heavy atom. The molecule has 4 bridgehead atoms. The van der Waals surface area contributed by atoms with Crippen LogP contribution >= 0.6 is 12.6 Å². The zero-order chi connectivity index (χ0) is 26.3. The van der Waals surface area contributed by atoms with E-state index in [1.54, 1.807) is 0 Å². The molecule has 1 aliphatic heterocycles. The van der Waals surface area contributed by atoms with E-state index >= 15 is 0 Å². The van der Waals surface area contributed by atoms with Crippen molar-refractivity contribution in [1.82, 2.24) is 10.3 Å². The fourth-order valence-corrected chi connectivity index (χ4v) is 9.57. The van der Waals surface area contributed by atoms with Gasteiger partial charge < -0.3 is 20.1 Å². The largest absolute Gasteiger partial charge is 0.481 e. The number of hydrogen-bond donors (Lipinski definition) is 3. The van der Waals surface area contributed by atoms with Crippen molar-refractivity contribution in [2.45, 2.75) is 86.9 Å². The fourth-order valence-electron chi connectivity index (χ4n) is 9.25. The van der Waals surface area contributed by atoms with Gasteiger partial charge in [0.25, 0.3) is 5.91 Å².